The zero-order valence-corrected chi connectivity index (χ0v) is 16.4. The molecule has 0 unspecified atom stereocenters. The fraction of sp³-hybridized carbons (Fsp3) is 0.190. The third kappa shape index (κ3) is 6.42. The van der Waals surface area contributed by atoms with E-state index in [9.17, 15) is 13.2 Å². The first-order chi connectivity index (χ1) is 12.8. The number of nitrogens with zero attached hydrogens (tertiary/aromatic N) is 1. The fourth-order valence-corrected chi connectivity index (χ4v) is 2.77. The van der Waals surface area contributed by atoms with Crippen LogP contribution in [0.15, 0.2) is 71.1 Å². The highest BCUT2D eigenvalue weighted by molar-refractivity contribution is 7.86. The summed E-state index contributed by atoms with van der Waals surface area (Å²) >= 11 is 0. The van der Waals surface area contributed by atoms with E-state index in [-0.39, 0.29) is 5.75 Å². The zero-order chi connectivity index (χ0) is 19.9. The molecule has 142 valence electrons. The molecule has 2 aromatic rings. The zero-order valence-electron chi connectivity index (χ0n) is 15.6. The van der Waals surface area contributed by atoms with Gasteiger partial charge in [0.25, 0.3) is 5.56 Å². The number of hydrogen-bond acceptors (Lipinski definition) is 4. The van der Waals surface area contributed by atoms with Crippen LogP contribution in [-0.2, 0) is 10.1 Å². The van der Waals surface area contributed by atoms with Crippen molar-refractivity contribution in [3.05, 3.63) is 93.4 Å². The van der Waals surface area contributed by atoms with Gasteiger partial charge in [0, 0.05) is 6.07 Å². The third-order valence-corrected chi connectivity index (χ3v) is 4.72. The molecule has 1 aromatic heterocycles. The van der Waals surface area contributed by atoms with Gasteiger partial charge in [0.1, 0.15) is 0 Å². The Morgan fingerprint density at radius 2 is 1.85 bits per heavy atom. The largest absolute Gasteiger partial charge is 0.326 e. The average molecular weight is 385 g/mol. The molecule has 0 aliphatic heterocycles. The van der Waals surface area contributed by atoms with Gasteiger partial charge in [-0.1, -0.05) is 54.6 Å². The first kappa shape index (κ1) is 20.5. The van der Waals surface area contributed by atoms with E-state index in [0.29, 0.717) is 5.69 Å². The molecule has 6 heteroatoms. The van der Waals surface area contributed by atoms with Crippen LogP contribution in [0.3, 0.4) is 0 Å². The van der Waals surface area contributed by atoms with E-state index in [1.54, 1.807) is 19.1 Å². The maximum atomic E-state index is 12.2. The van der Waals surface area contributed by atoms with Gasteiger partial charge < -0.3 is 0 Å². The Kier molecular flexibility index (Phi) is 6.96. The van der Waals surface area contributed by atoms with Crippen LogP contribution in [-0.4, -0.2) is 18.9 Å². The number of aromatic nitrogens is 1. The van der Waals surface area contributed by atoms with Crippen LogP contribution < -0.4 is 9.84 Å². The summed E-state index contributed by atoms with van der Waals surface area (Å²) in [7, 11) is -3.81. The SMILES string of the molecule is CCS(=O)(=O)On1c(C=C(C)C=CC=Cc2ccccc2)cc(C)cc1=O. The van der Waals surface area contributed by atoms with E-state index in [2.05, 4.69) is 0 Å². The minimum absolute atomic E-state index is 0.223. The van der Waals surface area contributed by atoms with Crippen molar-refractivity contribution in [1.82, 2.24) is 4.73 Å². The quantitative estimate of drug-likeness (QED) is 0.683. The Hall–Kier alpha value is -2.86. The minimum Gasteiger partial charge on any atom is -0.284 e. The van der Waals surface area contributed by atoms with Crippen LogP contribution in [0.25, 0.3) is 12.2 Å². The molecule has 0 N–H and O–H groups in total. The third-order valence-electron chi connectivity index (χ3n) is 3.64. The van der Waals surface area contributed by atoms with E-state index in [4.69, 9.17) is 4.28 Å². The predicted molar refractivity (Wildman–Crippen MR) is 110 cm³/mol. The summed E-state index contributed by atoms with van der Waals surface area (Å²) in [5.74, 6) is -0.223. The topological polar surface area (TPSA) is 65.4 Å². The molecule has 0 saturated heterocycles. The van der Waals surface area contributed by atoms with Crippen molar-refractivity contribution in [2.75, 3.05) is 5.75 Å². The van der Waals surface area contributed by atoms with Crippen LogP contribution in [0.5, 0.6) is 0 Å². The Morgan fingerprint density at radius 1 is 1.15 bits per heavy atom. The van der Waals surface area contributed by atoms with Crippen LogP contribution >= 0.6 is 0 Å². The lowest BCUT2D eigenvalue weighted by atomic mass is 10.1. The van der Waals surface area contributed by atoms with Gasteiger partial charge in [0.15, 0.2) is 0 Å². The van der Waals surface area contributed by atoms with Gasteiger partial charge in [-0.25, -0.2) is 0 Å². The molecule has 0 bridgehead atoms. The van der Waals surface area contributed by atoms with Crippen molar-refractivity contribution in [2.45, 2.75) is 20.8 Å². The lowest BCUT2D eigenvalue weighted by molar-refractivity contribution is 0.265. The van der Waals surface area contributed by atoms with Gasteiger partial charge >= 0.3 is 10.1 Å². The van der Waals surface area contributed by atoms with Crippen LogP contribution in [0, 0.1) is 6.92 Å². The summed E-state index contributed by atoms with van der Waals surface area (Å²) in [5.41, 5.74) is 2.49. The number of benzene rings is 1. The summed E-state index contributed by atoms with van der Waals surface area (Å²) in [6, 6.07) is 12.9. The highest BCUT2D eigenvalue weighted by Crippen LogP contribution is 2.09. The first-order valence-corrected chi connectivity index (χ1v) is 10.1. The molecule has 2 rings (SSSR count). The smallest absolute Gasteiger partial charge is 0.284 e. The van der Waals surface area contributed by atoms with E-state index >= 15 is 0 Å². The second-order valence-electron chi connectivity index (χ2n) is 6.03. The monoisotopic (exact) mass is 385 g/mol. The van der Waals surface area contributed by atoms with Gasteiger partial charge in [-0.2, -0.15) is 8.42 Å². The Balaban J connectivity index is 2.27. The number of rotatable bonds is 7. The minimum atomic E-state index is -3.81. The molecule has 5 nitrogen and oxygen atoms in total. The second kappa shape index (κ2) is 9.19. The normalized spacial score (nSPS) is 12.8. The molecule has 0 aliphatic carbocycles. The summed E-state index contributed by atoms with van der Waals surface area (Å²) in [6.07, 6.45) is 9.33. The van der Waals surface area contributed by atoms with E-state index in [1.165, 1.54) is 13.0 Å². The Labute approximate surface area is 160 Å². The summed E-state index contributed by atoms with van der Waals surface area (Å²) < 4.78 is 29.3. The molecule has 0 aliphatic rings. The van der Waals surface area contributed by atoms with Crippen molar-refractivity contribution in [3.63, 3.8) is 0 Å². The highest BCUT2D eigenvalue weighted by Gasteiger charge is 2.13. The molecular formula is C21H23NO4S. The number of hydrogen-bond donors (Lipinski definition) is 0. The maximum Gasteiger partial charge on any atom is 0.326 e. The van der Waals surface area contributed by atoms with Crippen LogP contribution in [0.4, 0.5) is 0 Å². The molecule has 0 spiro atoms. The number of allylic oxidation sites excluding steroid dienone is 4. The van der Waals surface area contributed by atoms with Crippen LogP contribution in [0.1, 0.15) is 30.7 Å². The fourth-order valence-electron chi connectivity index (χ4n) is 2.28. The van der Waals surface area contributed by atoms with Crippen molar-refractivity contribution >= 4 is 22.3 Å². The molecule has 1 heterocycles. The maximum absolute atomic E-state index is 12.2. The second-order valence-corrected chi connectivity index (χ2v) is 7.87. The lowest BCUT2D eigenvalue weighted by Gasteiger charge is -2.11. The Morgan fingerprint density at radius 3 is 2.52 bits per heavy atom. The van der Waals surface area contributed by atoms with E-state index < -0.39 is 15.7 Å². The van der Waals surface area contributed by atoms with Crippen LogP contribution in [0.2, 0.25) is 0 Å². The molecule has 0 radical (unpaired) electrons. The lowest BCUT2D eigenvalue weighted by Crippen LogP contribution is -2.33. The number of pyridine rings is 1. The first-order valence-electron chi connectivity index (χ1n) is 8.55. The summed E-state index contributed by atoms with van der Waals surface area (Å²) in [6.45, 7) is 5.08. The molecule has 0 fully saturated rings. The van der Waals surface area contributed by atoms with Crippen molar-refractivity contribution < 1.29 is 12.7 Å². The van der Waals surface area contributed by atoms with E-state index in [0.717, 1.165) is 21.4 Å². The molecule has 0 amide bonds. The molecule has 0 atom stereocenters. The average Bonchev–Trinajstić information content (AvgIpc) is 2.62. The molecule has 27 heavy (non-hydrogen) atoms. The number of aryl methyl sites for hydroxylation is 1. The van der Waals surface area contributed by atoms with E-state index in [1.807, 2.05) is 61.6 Å². The Bertz CT molecular complexity index is 1030. The molecule has 0 saturated carbocycles. The van der Waals surface area contributed by atoms with Crippen molar-refractivity contribution in [2.24, 2.45) is 0 Å². The van der Waals surface area contributed by atoms with Crippen molar-refractivity contribution in [3.8, 4) is 0 Å². The van der Waals surface area contributed by atoms with Gasteiger partial charge in [-0.3, -0.25) is 9.08 Å². The summed E-state index contributed by atoms with van der Waals surface area (Å²) in [5, 5.41) is 0. The summed E-state index contributed by atoms with van der Waals surface area (Å²) in [4.78, 5) is 12.2. The highest BCUT2D eigenvalue weighted by atomic mass is 32.2. The van der Waals surface area contributed by atoms with Gasteiger partial charge in [-0.05, 0) is 49.6 Å². The van der Waals surface area contributed by atoms with Crippen molar-refractivity contribution in [1.29, 1.82) is 0 Å². The van der Waals surface area contributed by atoms with Gasteiger partial charge in [-0.15, -0.1) is 4.73 Å². The standard InChI is InChI=1S/C21H23NO4S/c1-4-27(24,25)26-22-20(15-18(3)16-21(22)23)14-17(2)10-8-9-13-19-11-6-5-7-12-19/h5-16H,4H2,1-3H3. The predicted octanol–water partition coefficient (Wildman–Crippen LogP) is 3.61. The van der Waals surface area contributed by atoms with Gasteiger partial charge in [0.05, 0.1) is 11.4 Å². The molecule has 1 aromatic carbocycles. The molecular weight excluding hydrogens is 362 g/mol. The van der Waals surface area contributed by atoms with Gasteiger partial charge in [0.2, 0.25) is 0 Å².